The van der Waals surface area contributed by atoms with E-state index in [0.29, 0.717) is 12.7 Å². The summed E-state index contributed by atoms with van der Waals surface area (Å²) in [5.74, 6) is -59.7. The molecule has 0 bridgehead atoms. The Hall–Kier alpha value is -2.18. The van der Waals surface area contributed by atoms with Gasteiger partial charge >= 0.3 is 53.6 Å². The Morgan fingerprint density at radius 3 is 1.32 bits per heavy atom. The molecular weight excluding hydrogens is 711 g/mol. The van der Waals surface area contributed by atoms with E-state index in [1.54, 1.807) is 0 Å². The summed E-state index contributed by atoms with van der Waals surface area (Å²) in [6.07, 6.45) is -9.32. The van der Waals surface area contributed by atoms with Crippen molar-refractivity contribution >= 4 is 5.97 Å². The lowest BCUT2D eigenvalue weighted by Gasteiger charge is -2.42. The van der Waals surface area contributed by atoms with Crippen molar-refractivity contribution in [3.05, 3.63) is 12.2 Å². The number of methoxy groups -OCH3 is 1. The molecule has 0 rings (SSSR count). The Balaban J connectivity index is 5.50. The fraction of sp³-hybridized carbons (Fsp3) is 0.870. The molecule has 7 nitrogen and oxygen atoms in total. The lowest BCUT2D eigenvalue weighted by Crippen LogP contribution is -2.74. The predicted molar refractivity (Wildman–Crippen MR) is 121 cm³/mol. The molecule has 0 fully saturated rings. The van der Waals surface area contributed by atoms with Crippen LogP contribution in [0.15, 0.2) is 12.2 Å². The van der Waals surface area contributed by atoms with Gasteiger partial charge in [-0.2, -0.15) is 74.6 Å². The van der Waals surface area contributed by atoms with Crippen molar-refractivity contribution in [2.24, 2.45) is 5.92 Å². The summed E-state index contributed by atoms with van der Waals surface area (Å²) in [4.78, 5) is 10.7. The van der Waals surface area contributed by atoms with Gasteiger partial charge in [0.25, 0.3) is 0 Å². The third-order valence-electron chi connectivity index (χ3n) is 5.70. The molecule has 0 aromatic rings. The number of carbonyl (C=O) groups is 1. The van der Waals surface area contributed by atoms with Gasteiger partial charge in [0.2, 0.25) is 0 Å². The first-order chi connectivity index (χ1) is 21.1. The maximum Gasteiger partial charge on any atom is 0.460 e. The number of hydrogen-bond donors (Lipinski definition) is 1. The van der Waals surface area contributed by atoms with Gasteiger partial charge in [0.15, 0.2) is 0 Å². The summed E-state index contributed by atoms with van der Waals surface area (Å²) < 4.78 is 251. The minimum atomic E-state index is -8.70. The molecule has 0 aromatic carbocycles. The molecule has 0 saturated heterocycles. The number of hydrogen-bond acceptors (Lipinski definition) is 6. The van der Waals surface area contributed by atoms with Crippen LogP contribution in [0.1, 0.15) is 6.42 Å². The van der Waals surface area contributed by atoms with E-state index in [2.05, 4.69) is 4.74 Å². The van der Waals surface area contributed by atoms with Crippen LogP contribution in [0.25, 0.3) is 0 Å². The second-order valence-corrected chi connectivity index (χ2v) is 9.22. The summed E-state index contributed by atoms with van der Waals surface area (Å²) in [7, 11) is 1.44. The first-order valence-corrected chi connectivity index (χ1v) is 12.5. The molecule has 47 heavy (non-hydrogen) atoms. The maximum atomic E-state index is 14.0. The predicted octanol–water partition coefficient (Wildman–Crippen LogP) is 6.36. The van der Waals surface area contributed by atoms with Crippen molar-refractivity contribution in [3.8, 4) is 0 Å². The monoisotopic (exact) mass is 738 g/mol. The van der Waals surface area contributed by atoms with Crippen LogP contribution < -0.4 is 0 Å². The highest BCUT2D eigenvalue weighted by Crippen LogP contribution is 2.64. The Morgan fingerprint density at radius 2 is 0.915 bits per heavy atom. The van der Waals surface area contributed by atoms with E-state index in [1.807, 2.05) is 0 Å². The number of carboxylic acids is 1. The van der Waals surface area contributed by atoms with E-state index >= 15 is 0 Å². The van der Waals surface area contributed by atoms with Crippen LogP contribution >= 0.6 is 0 Å². The topological polar surface area (TPSA) is 83.5 Å². The molecular formula is C23H27F17O7. The van der Waals surface area contributed by atoms with Gasteiger partial charge in [-0.25, -0.2) is 4.79 Å². The van der Waals surface area contributed by atoms with E-state index in [4.69, 9.17) is 24.1 Å². The highest BCUT2D eigenvalue weighted by molar-refractivity contribution is 5.79. The van der Waals surface area contributed by atoms with Crippen molar-refractivity contribution in [2.45, 2.75) is 54.1 Å². The van der Waals surface area contributed by atoms with Gasteiger partial charge in [-0.3, -0.25) is 0 Å². The van der Waals surface area contributed by atoms with E-state index in [1.165, 1.54) is 7.11 Å². The molecule has 0 aromatic heterocycles. The SMILES string of the molecule is COCCOCCOCCOCC(/C=C/C(=O)O)COCCC(F)(F)C(F)(F)C(F)(F)C(F)(F)C(F)(F)C(F)(F)C(F)(F)C(F)(F)F. The van der Waals surface area contributed by atoms with Gasteiger partial charge in [-0.1, -0.05) is 6.08 Å². The number of aliphatic carboxylic acids is 1. The van der Waals surface area contributed by atoms with E-state index in [9.17, 15) is 79.4 Å². The number of carboxylic acid groups (broad SMARTS) is 1. The van der Waals surface area contributed by atoms with Crippen molar-refractivity contribution < 1.29 is 108 Å². The third-order valence-corrected chi connectivity index (χ3v) is 5.70. The van der Waals surface area contributed by atoms with E-state index in [-0.39, 0.29) is 33.0 Å². The fourth-order valence-electron chi connectivity index (χ4n) is 2.98. The summed E-state index contributed by atoms with van der Waals surface area (Å²) in [6.45, 7) is -2.63. The zero-order chi connectivity index (χ0) is 37.2. The standard InChI is InChI=1S/C23H27F17O7/c1-43-6-7-44-8-9-45-10-11-47-13-14(2-3-15(41)42)12-46-5-4-16(24,25)17(26,27)18(28,29)19(30,31)20(32,33)21(34,35)22(36,37)23(38,39)40/h2-3,14H,4-13H2,1H3,(H,41,42)/b3-2+. The van der Waals surface area contributed by atoms with Crippen LogP contribution in [0.4, 0.5) is 74.6 Å². The Kier molecular flexibility index (Phi) is 16.2. The van der Waals surface area contributed by atoms with Gasteiger partial charge in [0, 0.05) is 25.5 Å². The molecule has 24 heteroatoms. The van der Waals surface area contributed by atoms with Crippen molar-refractivity contribution in [1.29, 1.82) is 0 Å². The van der Waals surface area contributed by atoms with Gasteiger partial charge < -0.3 is 28.8 Å². The normalized spacial score (nSPS) is 15.4. The largest absolute Gasteiger partial charge is 0.478 e. The van der Waals surface area contributed by atoms with Crippen molar-refractivity contribution in [1.82, 2.24) is 0 Å². The van der Waals surface area contributed by atoms with Crippen LogP contribution in [-0.4, -0.2) is 125 Å². The zero-order valence-electron chi connectivity index (χ0n) is 23.6. The van der Waals surface area contributed by atoms with Gasteiger partial charge in [-0.05, 0) is 0 Å². The molecule has 1 unspecified atom stereocenters. The highest BCUT2D eigenvalue weighted by Gasteiger charge is 2.95. The van der Waals surface area contributed by atoms with Crippen LogP contribution in [0.2, 0.25) is 0 Å². The van der Waals surface area contributed by atoms with Crippen LogP contribution in [0.3, 0.4) is 0 Å². The zero-order valence-corrected chi connectivity index (χ0v) is 23.6. The van der Waals surface area contributed by atoms with E-state index in [0.717, 1.165) is 6.08 Å². The quantitative estimate of drug-likeness (QED) is 0.0702. The first kappa shape index (κ1) is 44.8. The molecule has 0 amide bonds. The second-order valence-electron chi connectivity index (χ2n) is 9.22. The average molecular weight is 738 g/mol. The fourth-order valence-corrected chi connectivity index (χ4v) is 2.98. The molecule has 0 spiro atoms. The maximum absolute atomic E-state index is 14.0. The lowest BCUT2D eigenvalue weighted by atomic mass is 9.88. The summed E-state index contributed by atoms with van der Waals surface area (Å²) >= 11 is 0. The minimum absolute atomic E-state index is 0.0666. The number of alkyl halides is 17. The molecule has 1 N–H and O–H groups in total. The Morgan fingerprint density at radius 1 is 0.553 bits per heavy atom. The molecule has 0 heterocycles. The van der Waals surface area contributed by atoms with E-state index < -0.39 is 85.8 Å². The Labute approximate surface area is 253 Å². The number of halogens is 17. The van der Waals surface area contributed by atoms with Crippen LogP contribution in [0, 0.1) is 5.92 Å². The number of rotatable bonds is 24. The van der Waals surface area contributed by atoms with Gasteiger partial charge in [-0.15, -0.1) is 0 Å². The summed E-state index contributed by atoms with van der Waals surface area (Å²) in [5, 5.41) is 8.69. The first-order valence-electron chi connectivity index (χ1n) is 12.5. The molecule has 0 radical (unpaired) electrons. The lowest BCUT2D eigenvalue weighted by molar-refractivity contribution is -0.462. The molecule has 280 valence electrons. The van der Waals surface area contributed by atoms with Gasteiger partial charge in [0.1, 0.15) is 0 Å². The van der Waals surface area contributed by atoms with Crippen molar-refractivity contribution in [2.75, 3.05) is 66.6 Å². The molecule has 0 aliphatic carbocycles. The molecule has 1 atom stereocenters. The third kappa shape index (κ3) is 10.4. The van der Waals surface area contributed by atoms with Gasteiger partial charge in [0.05, 0.1) is 59.5 Å². The summed E-state index contributed by atoms with van der Waals surface area (Å²) in [5.41, 5.74) is 0. The second kappa shape index (κ2) is 17.0. The minimum Gasteiger partial charge on any atom is -0.478 e. The summed E-state index contributed by atoms with van der Waals surface area (Å²) in [6, 6.07) is 0. The average Bonchev–Trinajstić information content (AvgIpc) is 2.93. The molecule has 0 saturated carbocycles. The highest BCUT2D eigenvalue weighted by atomic mass is 19.4. The molecule has 0 aliphatic rings. The van der Waals surface area contributed by atoms with Crippen LogP contribution in [-0.2, 0) is 28.5 Å². The molecule has 0 aliphatic heterocycles. The van der Waals surface area contributed by atoms with Crippen molar-refractivity contribution in [3.63, 3.8) is 0 Å². The Bertz CT molecular complexity index is 987. The number of ether oxygens (including phenoxy) is 5. The smallest absolute Gasteiger partial charge is 0.460 e. The van der Waals surface area contributed by atoms with Crippen LogP contribution in [0.5, 0.6) is 0 Å².